The van der Waals surface area contributed by atoms with Crippen LogP contribution in [-0.2, 0) is 0 Å². The van der Waals surface area contributed by atoms with Crippen molar-refractivity contribution in [3.63, 3.8) is 0 Å². The largest absolute Gasteiger partial charge is 0.392 e. The Morgan fingerprint density at radius 2 is 0.586 bits per heavy atom. The number of hydrogen-bond donors (Lipinski definition) is 8. The normalized spacial score (nSPS) is 20.2. The standard InChI is InChI=1S/C50H96O8/c1-41(2)21-13-26-44(5,52)28-15-30-46(7,54)32-17-34-48(9,56)36-19-38-50(11,58)39-20-37-49(10,57)35-18-33-47(8,55)31-16-29-45(6,53)27-14-24-42(3)22-12-23-43(4)25-40-51/h21-22,25,51-58H,12-20,23-24,26-40H2,1-11H3. The number of hydrogen-bond acceptors (Lipinski definition) is 8. The smallest absolute Gasteiger partial charge is 0.0622 e. The third-order valence-electron chi connectivity index (χ3n) is 12.6. The van der Waals surface area contributed by atoms with Gasteiger partial charge in [-0.2, -0.15) is 0 Å². The Morgan fingerprint density at radius 1 is 0.328 bits per heavy atom. The monoisotopic (exact) mass is 825 g/mol. The van der Waals surface area contributed by atoms with E-state index in [1.54, 1.807) is 0 Å². The van der Waals surface area contributed by atoms with E-state index < -0.39 is 39.2 Å². The molecule has 0 radical (unpaired) electrons. The summed E-state index contributed by atoms with van der Waals surface area (Å²) in [6.07, 6.45) is 23.6. The van der Waals surface area contributed by atoms with Crippen LogP contribution >= 0.6 is 0 Å². The molecule has 7 unspecified atom stereocenters. The van der Waals surface area contributed by atoms with E-state index in [-0.39, 0.29) is 6.61 Å². The third kappa shape index (κ3) is 32.6. The second kappa shape index (κ2) is 27.1. The number of allylic oxidation sites excluding steroid dienone is 5. The van der Waals surface area contributed by atoms with Gasteiger partial charge in [0.05, 0.1) is 45.8 Å². The van der Waals surface area contributed by atoms with Crippen LogP contribution in [0.4, 0.5) is 0 Å². The van der Waals surface area contributed by atoms with E-state index in [0.717, 1.165) is 51.4 Å². The molecule has 0 aliphatic rings. The van der Waals surface area contributed by atoms with Gasteiger partial charge in [-0.15, -0.1) is 0 Å². The summed E-state index contributed by atoms with van der Waals surface area (Å²) < 4.78 is 0. The lowest BCUT2D eigenvalue weighted by Gasteiger charge is -2.31. The first-order valence-corrected chi connectivity index (χ1v) is 23.1. The highest BCUT2D eigenvalue weighted by atomic mass is 16.3. The molecule has 0 saturated carbocycles. The van der Waals surface area contributed by atoms with Crippen LogP contribution in [0.3, 0.4) is 0 Å². The third-order valence-corrected chi connectivity index (χ3v) is 12.6. The molecule has 0 aliphatic heterocycles. The van der Waals surface area contributed by atoms with E-state index in [1.165, 1.54) is 16.7 Å². The Labute approximate surface area is 357 Å². The number of rotatable bonds is 35. The van der Waals surface area contributed by atoms with Crippen molar-refractivity contribution in [1.29, 1.82) is 0 Å². The van der Waals surface area contributed by atoms with Crippen LogP contribution in [0.25, 0.3) is 0 Å². The summed E-state index contributed by atoms with van der Waals surface area (Å²) in [5.41, 5.74) is -2.06. The first-order chi connectivity index (χ1) is 26.5. The maximum Gasteiger partial charge on any atom is 0.0622 e. The van der Waals surface area contributed by atoms with Crippen LogP contribution in [0.1, 0.15) is 237 Å². The van der Waals surface area contributed by atoms with Crippen molar-refractivity contribution in [2.45, 2.75) is 276 Å². The van der Waals surface area contributed by atoms with Gasteiger partial charge in [0.25, 0.3) is 0 Å². The predicted octanol–water partition coefficient (Wildman–Crippen LogP) is 10.8. The average molecular weight is 825 g/mol. The molecule has 0 aromatic carbocycles. The summed E-state index contributed by atoms with van der Waals surface area (Å²) >= 11 is 0. The minimum Gasteiger partial charge on any atom is -0.392 e. The maximum absolute atomic E-state index is 11.1. The minimum atomic E-state index is -0.888. The summed E-state index contributed by atoms with van der Waals surface area (Å²) in [5, 5.41) is 85.8. The lowest BCUT2D eigenvalue weighted by Crippen LogP contribution is -2.31. The summed E-state index contributed by atoms with van der Waals surface area (Å²) in [6, 6.07) is 0. The van der Waals surface area contributed by atoms with Gasteiger partial charge < -0.3 is 40.9 Å². The Bertz CT molecular complexity index is 1180. The molecule has 0 saturated heterocycles. The van der Waals surface area contributed by atoms with E-state index in [4.69, 9.17) is 5.11 Å². The first kappa shape index (κ1) is 56.9. The molecule has 0 aliphatic carbocycles. The molecule has 344 valence electrons. The van der Waals surface area contributed by atoms with Crippen LogP contribution in [0.5, 0.6) is 0 Å². The number of aliphatic hydroxyl groups is 8. The van der Waals surface area contributed by atoms with Gasteiger partial charge in [0.1, 0.15) is 0 Å². The van der Waals surface area contributed by atoms with Crippen molar-refractivity contribution >= 4 is 0 Å². The molecule has 0 fully saturated rings. The zero-order chi connectivity index (χ0) is 44.7. The number of aliphatic hydroxyl groups excluding tert-OH is 1. The fourth-order valence-corrected chi connectivity index (χ4v) is 8.30. The molecule has 8 heteroatoms. The molecule has 0 aromatic heterocycles. The molecular weight excluding hydrogens is 729 g/mol. The molecule has 0 spiro atoms. The van der Waals surface area contributed by atoms with Gasteiger partial charge in [-0.1, -0.05) is 34.9 Å². The van der Waals surface area contributed by atoms with Gasteiger partial charge in [-0.05, 0) is 237 Å². The molecule has 58 heavy (non-hydrogen) atoms. The quantitative estimate of drug-likeness (QED) is 0.0293. The molecular formula is C50H96O8. The summed E-state index contributed by atoms with van der Waals surface area (Å²) in [7, 11) is 0. The van der Waals surface area contributed by atoms with Crippen LogP contribution in [0.15, 0.2) is 34.9 Å². The molecule has 7 atom stereocenters. The Kier molecular flexibility index (Phi) is 26.6. The van der Waals surface area contributed by atoms with Crippen LogP contribution < -0.4 is 0 Å². The van der Waals surface area contributed by atoms with E-state index in [2.05, 4.69) is 32.9 Å². The van der Waals surface area contributed by atoms with E-state index in [1.807, 2.05) is 61.5 Å². The summed E-state index contributed by atoms with van der Waals surface area (Å²) in [4.78, 5) is 0. The topological polar surface area (TPSA) is 162 Å². The summed E-state index contributed by atoms with van der Waals surface area (Å²) in [6.45, 7) is 21.4. The van der Waals surface area contributed by atoms with Crippen molar-refractivity contribution in [2.75, 3.05) is 6.61 Å². The SMILES string of the molecule is CC(C)=CCCC(C)(O)CCCC(C)(O)CCCC(C)(O)CCCC(C)(O)CCCC(C)(O)CCCC(C)(O)CCCC(C)(O)CCCC(C)=CCCC(C)=CCO. The van der Waals surface area contributed by atoms with Gasteiger partial charge in [0.15, 0.2) is 0 Å². The van der Waals surface area contributed by atoms with Crippen molar-refractivity contribution < 1.29 is 40.9 Å². The zero-order valence-corrected chi connectivity index (χ0v) is 39.7. The second-order valence-corrected chi connectivity index (χ2v) is 21.1. The average Bonchev–Trinajstić information content (AvgIpc) is 3.03. The van der Waals surface area contributed by atoms with Gasteiger partial charge in [-0.25, -0.2) is 0 Å². The first-order valence-electron chi connectivity index (χ1n) is 23.1. The highest BCUT2D eigenvalue weighted by Crippen LogP contribution is 2.32. The fourth-order valence-electron chi connectivity index (χ4n) is 8.30. The molecule has 0 aromatic rings. The molecule has 0 heterocycles. The Morgan fingerprint density at radius 3 is 0.862 bits per heavy atom. The van der Waals surface area contributed by atoms with E-state index in [9.17, 15) is 35.7 Å². The lowest BCUT2D eigenvalue weighted by atomic mass is 9.83. The van der Waals surface area contributed by atoms with E-state index in [0.29, 0.717) is 109 Å². The molecule has 8 N–H and O–H groups in total. The maximum atomic E-state index is 11.1. The zero-order valence-electron chi connectivity index (χ0n) is 39.7. The second-order valence-electron chi connectivity index (χ2n) is 21.1. The van der Waals surface area contributed by atoms with Gasteiger partial charge in [0, 0.05) is 0 Å². The molecule has 0 amide bonds. The van der Waals surface area contributed by atoms with Crippen molar-refractivity contribution in [3.05, 3.63) is 34.9 Å². The predicted molar refractivity (Wildman–Crippen MR) is 244 cm³/mol. The molecule has 8 nitrogen and oxygen atoms in total. The van der Waals surface area contributed by atoms with Gasteiger partial charge >= 0.3 is 0 Å². The van der Waals surface area contributed by atoms with Crippen molar-refractivity contribution in [3.8, 4) is 0 Å². The summed E-state index contributed by atoms with van der Waals surface area (Å²) in [5.74, 6) is 0. The van der Waals surface area contributed by atoms with Crippen LogP contribution in [0, 0.1) is 0 Å². The molecule has 0 rings (SSSR count). The fraction of sp³-hybridized carbons (Fsp3) is 0.880. The minimum absolute atomic E-state index is 0.0886. The van der Waals surface area contributed by atoms with E-state index >= 15 is 0 Å². The van der Waals surface area contributed by atoms with Gasteiger partial charge in [-0.3, -0.25) is 0 Å². The highest BCUT2D eigenvalue weighted by molar-refractivity contribution is 5.04. The van der Waals surface area contributed by atoms with Gasteiger partial charge in [0.2, 0.25) is 0 Å². The van der Waals surface area contributed by atoms with Crippen molar-refractivity contribution in [2.24, 2.45) is 0 Å². The van der Waals surface area contributed by atoms with Crippen LogP contribution in [-0.4, -0.2) is 86.7 Å². The van der Waals surface area contributed by atoms with Crippen LogP contribution in [0.2, 0.25) is 0 Å². The Balaban J connectivity index is 4.40. The molecule has 0 bridgehead atoms. The highest BCUT2D eigenvalue weighted by Gasteiger charge is 2.30. The Hall–Kier alpha value is -1.10. The van der Waals surface area contributed by atoms with Crippen molar-refractivity contribution in [1.82, 2.24) is 0 Å². The lowest BCUT2D eigenvalue weighted by molar-refractivity contribution is -0.00813.